The standard InChI is InChI=1S/C12H16ClNO2S/c1-9-8-10(13)2-3-12(9)14-11-4-6-17(15,16)7-5-11/h2-3,8,11,14H,4-7H2,1H3. The predicted molar refractivity (Wildman–Crippen MR) is 71.5 cm³/mol. The van der Waals surface area contributed by atoms with E-state index in [9.17, 15) is 8.42 Å². The number of hydrogen-bond acceptors (Lipinski definition) is 3. The minimum Gasteiger partial charge on any atom is -0.382 e. The molecule has 1 aromatic carbocycles. The maximum atomic E-state index is 11.3. The Morgan fingerprint density at radius 3 is 2.53 bits per heavy atom. The molecule has 1 heterocycles. The summed E-state index contributed by atoms with van der Waals surface area (Å²) in [5, 5.41) is 4.11. The van der Waals surface area contributed by atoms with E-state index in [0.29, 0.717) is 12.8 Å². The molecule has 1 fully saturated rings. The smallest absolute Gasteiger partial charge is 0.150 e. The van der Waals surface area contributed by atoms with Crippen LogP contribution < -0.4 is 5.32 Å². The normalized spacial score (nSPS) is 20.1. The van der Waals surface area contributed by atoms with Crippen molar-refractivity contribution in [2.75, 3.05) is 16.8 Å². The van der Waals surface area contributed by atoms with Gasteiger partial charge in [0, 0.05) is 16.8 Å². The maximum Gasteiger partial charge on any atom is 0.150 e. The summed E-state index contributed by atoms with van der Waals surface area (Å²) in [4.78, 5) is 0. The third kappa shape index (κ3) is 3.36. The molecule has 1 aliphatic heterocycles. The highest BCUT2D eigenvalue weighted by Crippen LogP contribution is 2.23. The SMILES string of the molecule is Cc1cc(Cl)ccc1NC1CCS(=O)(=O)CC1. The third-order valence-corrected chi connectivity index (χ3v) is 5.05. The Morgan fingerprint density at radius 2 is 1.94 bits per heavy atom. The molecule has 5 heteroatoms. The highest BCUT2D eigenvalue weighted by molar-refractivity contribution is 7.91. The Bertz CT molecular complexity index is 499. The van der Waals surface area contributed by atoms with Gasteiger partial charge in [-0.2, -0.15) is 0 Å². The van der Waals surface area contributed by atoms with Crippen molar-refractivity contribution in [3.8, 4) is 0 Å². The topological polar surface area (TPSA) is 46.2 Å². The monoisotopic (exact) mass is 273 g/mol. The second-order valence-corrected chi connectivity index (χ2v) is 7.27. The fraction of sp³-hybridized carbons (Fsp3) is 0.500. The van der Waals surface area contributed by atoms with Crippen LogP contribution in [-0.2, 0) is 9.84 Å². The fourth-order valence-electron chi connectivity index (χ4n) is 2.04. The number of hydrogen-bond donors (Lipinski definition) is 1. The van der Waals surface area contributed by atoms with E-state index in [0.717, 1.165) is 16.3 Å². The molecule has 0 atom stereocenters. The van der Waals surface area contributed by atoms with Crippen LogP contribution in [0.25, 0.3) is 0 Å². The van der Waals surface area contributed by atoms with E-state index >= 15 is 0 Å². The van der Waals surface area contributed by atoms with Crippen molar-refractivity contribution in [1.29, 1.82) is 0 Å². The minimum atomic E-state index is -2.79. The van der Waals surface area contributed by atoms with Gasteiger partial charge in [0.1, 0.15) is 9.84 Å². The van der Waals surface area contributed by atoms with Gasteiger partial charge in [0.05, 0.1) is 11.5 Å². The average Bonchev–Trinajstić information content (AvgIpc) is 2.25. The lowest BCUT2D eigenvalue weighted by molar-refractivity contribution is 0.559. The van der Waals surface area contributed by atoms with E-state index in [-0.39, 0.29) is 17.5 Å². The van der Waals surface area contributed by atoms with Gasteiger partial charge in [-0.05, 0) is 43.5 Å². The number of benzene rings is 1. The van der Waals surface area contributed by atoms with Gasteiger partial charge in [0.15, 0.2) is 0 Å². The van der Waals surface area contributed by atoms with Crippen molar-refractivity contribution < 1.29 is 8.42 Å². The number of halogens is 1. The number of rotatable bonds is 2. The lowest BCUT2D eigenvalue weighted by Crippen LogP contribution is -2.32. The molecule has 1 aromatic rings. The quantitative estimate of drug-likeness (QED) is 0.901. The summed E-state index contributed by atoms with van der Waals surface area (Å²) < 4.78 is 22.6. The fourth-order valence-corrected chi connectivity index (χ4v) is 3.76. The van der Waals surface area contributed by atoms with Gasteiger partial charge in [-0.3, -0.25) is 0 Å². The van der Waals surface area contributed by atoms with Crippen molar-refractivity contribution >= 4 is 27.1 Å². The zero-order valence-electron chi connectivity index (χ0n) is 9.74. The van der Waals surface area contributed by atoms with Gasteiger partial charge in [-0.25, -0.2) is 8.42 Å². The van der Waals surface area contributed by atoms with Crippen molar-refractivity contribution in [2.45, 2.75) is 25.8 Å². The summed E-state index contributed by atoms with van der Waals surface area (Å²) in [5.74, 6) is 0.578. The largest absolute Gasteiger partial charge is 0.382 e. The lowest BCUT2D eigenvalue weighted by Gasteiger charge is -2.24. The first-order chi connectivity index (χ1) is 7.96. The van der Waals surface area contributed by atoms with Gasteiger partial charge in [0.2, 0.25) is 0 Å². The summed E-state index contributed by atoms with van der Waals surface area (Å²) in [6.07, 6.45) is 1.37. The highest BCUT2D eigenvalue weighted by atomic mass is 35.5. The van der Waals surface area contributed by atoms with Crippen LogP contribution in [0.3, 0.4) is 0 Å². The van der Waals surface area contributed by atoms with E-state index in [1.807, 2.05) is 25.1 Å². The zero-order chi connectivity index (χ0) is 12.5. The first-order valence-electron chi connectivity index (χ1n) is 5.69. The second kappa shape index (κ2) is 4.86. The first-order valence-corrected chi connectivity index (χ1v) is 7.89. The Balaban J connectivity index is 2.02. The molecule has 3 nitrogen and oxygen atoms in total. The third-order valence-electron chi connectivity index (χ3n) is 3.10. The van der Waals surface area contributed by atoms with Gasteiger partial charge >= 0.3 is 0 Å². The molecule has 0 bridgehead atoms. The summed E-state index contributed by atoms with van der Waals surface area (Å²) in [6.45, 7) is 1.99. The number of aryl methyl sites for hydroxylation is 1. The number of anilines is 1. The zero-order valence-corrected chi connectivity index (χ0v) is 11.3. The van der Waals surface area contributed by atoms with E-state index in [2.05, 4.69) is 5.32 Å². The van der Waals surface area contributed by atoms with Gasteiger partial charge in [0.25, 0.3) is 0 Å². The molecule has 94 valence electrons. The Labute approximate surface area is 107 Å². The molecular formula is C12H16ClNO2S. The number of sulfone groups is 1. The van der Waals surface area contributed by atoms with E-state index in [1.165, 1.54) is 0 Å². The maximum absolute atomic E-state index is 11.3. The van der Waals surface area contributed by atoms with Crippen LogP contribution >= 0.6 is 11.6 Å². The second-order valence-electron chi connectivity index (χ2n) is 4.53. The molecule has 0 radical (unpaired) electrons. The lowest BCUT2D eigenvalue weighted by atomic mass is 10.1. The van der Waals surface area contributed by atoms with E-state index in [1.54, 1.807) is 0 Å². The van der Waals surface area contributed by atoms with Crippen LogP contribution in [0.1, 0.15) is 18.4 Å². The van der Waals surface area contributed by atoms with Crippen molar-refractivity contribution in [1.82, 2.24) is 0 Å². The van der Waals surface area contributed by atoms with Crippen LogP contribution in [0.15, 0.2) is 18.2 Å². The Morgan fingerprint density at radius 1 is 1.29 bits per heavy atom. The van der Waals surface area contributed by atoms with Crippen LogP contribution in [-0.4, -0.2) is 26.0 Å². The summed E-state index contributed by atoms with van der Waals surface area (Å²) in [6, 6.07) is 5.94. The highest BCUT2D eigenvalue weighted by Gasteiger charge is 2.23. The first kappa shape index (κ1) is 12.7. The van der Waals surface area contributed by atoms with Gasteiger partial charge in [-0.1, -0.05) is 11.6 Å². The van der Waals surface area contributed by atoms with Crippen molar-refractivity contribution in [2.24, 2.45) is 0 Å². The average molecular weight is 274 g/mol. The summed E-state index contributed by atoms with van der Waals surface area (Å²) in [5.41, 5.74) is 2.13. The Kier molecular flexibility index (Phi) is 3.64. The minimum absolute atomic E-state index is 0.249. The molecule has 0 saturated carbocycles. The molecular weight excluding hydrogens is 258 g/mol. The van der Waals surface area contributed by atoms with Crippen molar-refractivity contribution in [3.63, 3.8) is 0 Å². The van der Waals surface area contributed by atoms with E-state index in [4.69, 9.17) is 11.6 Å². The Hall–Kier alpha value is -0.740. The molecule has 1 aliphatic rings. The molecule has 0 unspecified atom stereocenters. The van der Waals surface area contributed by atoms with Crippen LogP contribution in [0, 0.1) is 6.92 Å². The summed E-state index contributed by atoms with van der Waals surface area (Å²) in [7, 11) is -2.79. The molecule has 0 amide bonds. The molecule has 17 heavy (non-hydrogen) atoms. The molecule has 0 aliphatic carbocycles. The number of nitrogens with one attached hydrogen (secondary N) is 1. The van der Waals surface area contributed by atoms with E-state index < -0.39 is 9.84 Å². The van der Waals surface area contributed by atoms with Gasteiger partial charge in [-0.15, -0.1) is 0 Å². The van der Waals surface area contributed by atoms with Gasteiger partial charge < -0.3 is 5.32 Å². The van der Waals surface area contributed by atoms with Crippen LogP contribution in [0.2, 0.25) is 5.02 Å². The van der Waals surface area contributed by atoms with Crippen molar-refractivity contribution in [3.05, 3.63) is 28.8 Å². The molecule has 1 saturated heterocycles. The van der Waals surface area contributed by atoms with Crippen LogP contribution in [0.4, 0.5) is 5.69 Å². The van der Waals surface area contributed by atoms with Crippen LogP contribution in [0.5, 0.6) is 0 Å². The predicted octanol–water partition coefficient (Wildman–Crippen LogP) is 2.64. The molecule has 0 spiro atoms. The molecule has 1 N–H and O–H groups in total. The molecule has 2 rings (SSSR count). The molecule has 0 aromatic heterocycles. The summed E-state index contributed by atoms with van der Waals surface area (Å²) >= 11 is 5.89.